The van der Waals surface area contributed by atoms with E-state index in [9.17, 15) is 4.79 Å². The third-order valence-corrected chi connectivity index (χ3v) is 2.72. The summed E-state index contributed by atoms with van der Waals surface area (Å²) >= 11 is 0. The third-order valence-electron chi connectivity index (χ3n) is 2.72. The van der Waals surface area contributed by atoms with Crippen LogP contribution in [0.4, 0.5) is 4.79 Å². The standard InChI is InChI=1S/C12H16N2O3/c1-16-11-8-13-7-10(11)14-12(15)17-9-5-3-2-4-6-9/h2-6,10-11,13H,7-8H2,1H3,(H,14,15)/t10?,11-/m1/s1. The molecule has 1 unspecified atom stereocenters. The van der Waals surface area contributed by atoms with Crippen molar-refractivity contribution in [3.63, 3.8) is 0 Å². The van der Waals surface area contributed by atoms with Gasteiger partial charge in [0, 0.05) is 20.2 Å². The molecule has 2 atom stereocenters. The Labute approximate surface area is 100 Å². The molecule has 17 heavy (non-hydrogen) atoms. The van der Waals surface area contributed by atoms with E-state index in [0.717, 1.165) is 6.54 Å². The summed E-state index contributed by atoms with van der Waals surface area (Å²) in [6, 6.07) is 8.93. The zero-order valence-corrected chi connectivity index (χ0v) is 9.68. The van der Waals surface area contributed by atoms with Gasteiger partial charge in [0.05, 0.1) is 12.1 Å². The Kier molecular flexibility index (Phi) is 3.95. The summed E-state index contributed by atoms with van der Waals surface area (Å²) in [5.41, 5.74) is 0. The molecule has 1 amide bonds. The van der Waals surface area contributed by atoms with Crippen molar-refractivity contribution in [2.45, 2.75) is 12.1 Å². The van der Waals surface area contributed by atoms with Gasteiger partial charge in [0.1, 0.15) is 5.75 Å². The van der Waals surface area contributed by atoms with Crippen LogP contribution in [0.25, 0.3) is 0 Å². The van der Waals surface area contributed by atoms with Gasteiger partial charge in [0.15, 0.2) is 0 Å². The normalized spacial score (nSPS) is 23.4. The van der Waals surface area contributed by atoms with E-state index in [4.69, 9.17) is 9.47 Å². The van der Waals surface area contributed by atoms with Crippen molar-refractivity contribution in [2.24, 2.45) is 0 Å². The van der Waals surface area contributed by atoms with Crippen molar-refractivity contribution in [1.82, 2.24) is 10.6 Å². The fourth-order valence-electron chi connectivity index (χ4n) is 1.82. The SMILES string of the molecule is CO[C@@H]1CNCC1NC(=O)Oc1ccccc1. The molecule has 0 aliphatic carbocycles. The first-order valence-corrected chi connectivity index (χ1v) is 5.56. The van der Waals surface area contributed by atoms with Gasteiger partial charge in [-0.15, -0.1) is 0 Å². The van der Waals surface area contributed by atoms with Crippen LogP contribution in [0.15, 0.2) is 30.3 Å². The van der Waals surface area contributed by atoms with Crippen LogP contribution in [-0.4, -0.2) is 38.4 Å². The number of carbonyl (C=O) groups excluding carboxylic acids is 1. The molecule has 0 radical (unpaired) electrons. The maximum atomic E-state index is 11.6. The first-order chi connectivity index (χ1) is 8.29. The average molecular weight is 236 g/mol. The largest absolute Gasteiger partial charge is 0.412 e. The van der Waals surface area contributed by atoms with Crippen molar-refractivity contribution in [1.29, 1.82) is 0 Å². The molecule has 1 aromatic rings. The Morgan fingerprint density at radius 2 is 2.12 bits per heavy atom. The second kappa shape index (κ2) is 5.65. The average Bonchev–Trinajstić information content (AvgIpc) is 2.77. The van der Waals surface area contributed by atoms with Gasteiger partial charge >= 0.3 is 6.09 Å². The van der Waals surface area contributed by atoms with Crippen LogP contribution in [0.3, 0.4) is 0 Å². The molecule has 0 saturated carbocycles. The number of benzene rings is 1. The molecule has 1 aromatic carbocycles. The summed E-state index contributed by atoms with van der Waals surface area (Å²) in [4.78, 5) is 11.6. The second-order valence-corrected chi connectivity index (χ2v) is 3.89. The minimum atomic E-state index is -0.452. The zero-order valence-electron chi connectivity index (χ0n) is 9.68. The number of rotatable bonds is 3. The first-order valence-electron chi connectivity index (χ1n) is 5.56. The molecule has 1 aliphatic heterocycles. The number of methoxy groups -OCH3 is 1. The molecular weight excluding hydrogens is 220 g/mol. The molecule has 2 rings (SSSR count). The lowest BCUT2D eigenvalue weighted by molar-refractivity contribution is 0.0950. The molecular formula is C12H16N2O3. The van der Waals surface area contributed by atoms with Crippen LogP contribution >= 0.6 is 0 Å². The number of ether oxygens (including phenoxy) is 2. The molecule has 1 fully saturated rings. The van der Waals surface area contributed by atoms with Crippen molar-refractivity contribution in [3.8, 4) is 5.75 Å². The topological polar surface area (TPSA) is 59.6 Å². The predicted molar refractivity (Wildman–Crippen MR) is 63.1 cm³/mol. The maximum Gasteiger partial charge on any atom is 0.412 e. The first kappa shape index (κ1) is 11.9. The Morgan fingerprint density at radius 1 is 1.35 bits per heavy atom. The van der Waals surface area contributed by atoms with Gasteiger partial charge in [-0.3, -0.25) is 0 Å². The number of carbonyl (C=O) groups is 1. The van der Waals surface area contributed by atoms with E-state index >= 15 is 0 Å². The Morgan fingerprint density at radius 3 is 2.82 bits per heavy atom. The minimum Gasteiger partial charge on any atom is -0.410 e. The van der Waals surface area contributed by atoms with Crippen LogP contribution in [0, 0.1) is 0 Å². The van der Waals surface area contributed by atoms with Gasteiger partial charge in [0.25, 0.3) is 0 Å². The number of hydrogen-bond acceptors (Lipinski definition) is 4. The zero-order chi connectivity index (χ0) is 12.1. The lowest BCUT2D eigenvalue weighted by atomic mass is 10.2. The molecule has 5 heteroatoms. The quantitative estimate of drug-likeness (QED) is 0.813. The summed E-state index contributed by atoms with van der Waals surface area (Å²) in [6.45, 7) is 1.44. The summed E-state index contributed by atoms with van der Waals surface area (Å²) in [7, 11) is 1.63. The van der Waals surface area contributed by atoms with E-state index in [0.29, 0.717) is 12.3 Å². The fourth-order valence-corrected chi connectivity index (χ4v) is 1.82. The highest BCUT2D eigenvalue weighted by Crippen LogP contribution is 2.09. The van der Waals surface area contributed by atoms with Gasteiger partial charge in [-0.2, -0.15) is 0 Å². The van der Waals surface area contributed by atoms with E-state index in [2.05, 4.69) is 10.6 Å². The lowest BCUT2D eigenvalue weighted by Gasteiger charge is -2.18. The Hall–Kier alpha value is -1.59. The van der Waals surface area contributed by atoms with E-state index in [-0.39, 0.29) is 12.1 Å². The van der Waals surface area contributed by atoms with Crippen LogP contribution < -0.4 is 15.4 Å². The van der Waals surface area contributed by atoms with Crippen LogP contribution in [0.2, 0.25) is 0 Å². The summed E-state index contributed by atoms with van der Waals surface area (Å²) in [6.07, 6.45) is -0.453. The van der Waals surface area contributed by atoms with Crippen LogP contribution in [0.1, 0.15) is 0 Å². The highest BCUT2D eigenvalue weighted by molar-refractivity contribution is 5.70. The van der Waals surface area contributed by atoms with Gasteiger partial charge in [-0.05, 0) is 12.1 Å². The van der Waals surface area contributed by atoms with Crippen molar-refractivity contribution >= 4 is 6.09 Å². The highest BCUT2D eigenvalue weighted by Gasteiger charge is 2.28. The Balaban J connectivity index is 1.85. The number of para-hydroxylation sites is 1. The summed E-state index contributed by atoms with van der Waals surface area (Å²) in [5.74, 6) is 0.532. The molecule has 92 valence electrons. The number of hydrogen-bond donors (Lipinski definition) is 2. The minimum absolute atomic E-state index is 0.00155. The smallest absolute Gasteiger partial charge is 0.410 e. The van der Waals surface area contributed by atoms with E-state index < -0.39 is 6.09 Å². The monoisotopic (exact) mass is 236 g/mol. The molecule has 0 bridgehead atoms. The van der Waals surface area contributed by atoms with Gasteiger partial charge < -0.3 is 20.1 Å². The molecule has 1 saturated heterocycles. The molecule has 0 aromatic heterocycles. The molecule has 5 nitrogen and oxygen atoms in total. The number of amides is 1. The van der Waals surface area contributed by atoms with Crippen LogP contribution in [0.5, 0.6) is 5.75 Å². The summed E-state index contributed by atoms with van der Waals surface area (Å²) < 4.78 is 10.4. The van der Waals surface area contributed by atoms with Crippen molar-refractivity contribution < 1.29 is 14.3 Å². The van der Waals surface area contributed by atoms with E-state index in [1.807, 2.05) is 18.2 Å². The fraction of sp³-hybridized carbons (Fsp3) is 0.417. The molecule has 1 heterocycles. The van der Waals surface area contributed by atoms with Crippen LogP contribution in [-0.2, 0) is 4.74 Å². The van der Waals surface area contributed by atoms with E-state index in [1.165, 1.54) is 0 Å². The van der Waals surface area contributed by atoms with Gasteiger partial charge in [-0.25, -0.2) is 4.79 Å². The Bertz CT molecular complexity index is 369. The lowest BCUT2D eigenvalue weighted by Crippen LogP contribution is -2.44. The molecule has 0 spiro atoms. The van der Waals surface area contributed by atoms with E-state index in [1.54, 1.807) is 19.2 Å². The van der Waals surface area contributed by atoms with Crippen molar-refractivity contribution in [2.75, 3.05) is 20.2 Å². The van der Waals surface area contributed by atoms with Gasteiger partial charge in [-0.1, -0.05) is 18.2 Å². The summed E-state index contributed by atoms with van der Waals surface area (Å²) in [5, 5.41) is 5.93. The third kappa shape index (κ3) is 3.18. The molecule has 1 aliphatic rings. The maximum absolute atomic E-state index is 11.6. The molecule has 2 N–H and O–H groups in total. The number of nitrogens with one attached hydrogen (secondary N) is 2. The van der Waals surface area contributed by atoms with Gasteiger partial charge in [0.2, 0.25) is 0 Å². The highest BCUT2D eigenvalue weighted by atomic mass is 16.6. The van der Waals surface area contributed by atoms with Crippen molar-refractivity contribution in [3.05, 3.63) is 30.3 Å². The second-order valence-electron chi connectivity index (χ2n) is 3.89. The predicted octanol–water partition coefficient (Wildman–Crippen LogP) is 0.762.